The van der Waals surface area contributed by atoms with Crippen molar-refractivity contribution in [1.82, 2.24) is 5.32 Å². The van der Waals surface area contributed by atoms with Gasteiger partial charge in [-0.15, -0.1) is 6.58 Å². The van der Waals surface area contributed by atoms with Gasteiger partial charge in [-0.2, -0.15) is 0 Å². The largest absolute Gasteiger partial charge is 0.378 e. The fourth-order valence-electron chi connectivity index (χ4n) is 1.70. The van der Waals surface area contributed by atoms with Crippen molar-refractivity contribution in [2.24, 2.45) is 0 Å². The Morgan fingerprint density at radius 3 is 3.15 bits per heavy atom. The first kappa shape index (κ1) is 10.7. The highest BCUT2D eigenvalue weighted by Gasteiger charge is 2.14. The number of ether oxygens (including phenoxy) is 1. The Morgan fingerprint density at radius 1 is 1.69 bits per heavy atom. The molecule has 2 nitrogen and oxygen atoms in total. The highest BCUT2D eigenvalue weighted by atomic mass is 16.5. The molecular formula is C11H21NO. The minimum Gasteiger partial charge on any atom is -0.378 e. The molecule has 0 bridgehead atoms. The average molecular weight is 183 g/mol. The van der Waals surface area contributed by atoms with Crippen LogP contribution in [0.2, 0.25) is 0 Å². The molecule has 0 radical (unpaired) electrons. The van der Waals surface area contributed by atoms with Gasteiger partial charge in [0, 0.05) is 12.6 Å². The van der Waals surface area contributed by atoms with Crippen molar-refractivity contribution >= 4 is 0 Å². The van der Waals surface area contributed by atoms with Crippen molar-refractivity contribution in [3.05, 3.63) is 12.7 Å². The van der Waals surface area contributed by atoms with Gasteiger partial charge in [-0.05, 0) is 39.2 Å². The molecule has 0 aromatic rings. The van der Waals surface area contributed by atoms with E-state index in [1.807, 2.05) is 6.08 Å². The van der Waals surface area contributed by atoms with Crippen molar-refractivity contribution in [3.63, 3.8) is 0 Å². The Kier molecular flexibility index (Phi) is 5.09. The third-order valence-electron chi connectivity index (χ3n) is 2.50. The fourth-order valence-corrected chi connectivity index (χ4v) is 1.70. The summed E-state index contributed by atoms with van der Waals surface area (Å²) in [5.74, 6) is 0. The molecule has 1 fully saturated rings. The van der Waals surface area contributed by atoms with Crippen LogP contribution in [0.5, 0.6) is 0 Å². The molecule has 2 unspecified atom stereocenters. The van der Waals surface area contributed by atoms with Crippen LogP contribution >= 0.6 is 0 Å². The topological polar surface area (TPSA) is 21.3 Å². The first-order valence-corrected chi connectivity index (χ1v) is 5.29. The van der Waals surface area contributed by atoms with E-state index in [9.17, 15) is 0 Å². The summed E-state index contributed by atoms with van der Waals surface area (Å²) in [4.78, 5) is 0. The van der Waals surface area contributed by atoms with Gasteiger partial charge in [0.25, 0.3) is 0 Å². The van der Waals surface area contributed by atoms with Crippen LogP contribution < -0.4 is 5.32 Å². The van der Waals surface area contributed by atoms with E-state index in [-0.39, 0.29) is 0 Å². The Morgan fingerprint density at radius 2 is 2.54 bits per heavy atom. The quantitative estimate of drug-likeness (QED) is 0.637. The summed E-state index contributed by atoms with van der Waals surface area (Å²) < 4.78 is 5.53. The molecule has 0 aromatic heterocycles. The zero-order chi connectivity index (χ0) is 9.52. The summed E-state index contributed by atoms with van der Waals surface area (Å²) in [6.07, 6.45) is 7.17. The predicted molar refractivity (Wildman–Crippen MR) is 55.9 cm³/mol. The SMILES string of the molecule is C=CCC(C)NCCC1CCCO1. The lowest BCUT2D eigenvalue weighted by atomic mass is 10.1. The maximum atomic E-state index is 5.53. The molecule has 1 saturated heterocycles. The standard InChI is InChI=1S/C11H21NO/c1-3-5-10(2)12-8-7-11-6-4-9-13-11/h3,10-12H,1,4-9H2,2H3. The molecule has 1 heterocycles. The number of hydrogen-bond acceptors (Lipinski definition) is 2. The summed E-state index contributed by atoms with van der Waals surface area (Å²) in [6, 6.07) is 0.555. The molecule has 0 spiro atoms. The van der Waals surface area contributed by atoms with Gasteiger partial charge in [0.1, 0.15) is 0 Å². The van der Waals surface area contributed by atoms with Gasteiger partial charge in [-0.3, -0.25) is 0 Å². The van der Waals surface area contributed by atoms with E-state index in [0.29, 0.717) is 12.1 Å². The summed E-state index contributed by atoms with van der Waals surface area (Å²) in [5, 5.41) is 3.46. The van der Waals surface area contributed by atoms with Crippen LogP contribution in [0.3, 0.4) is 0 Å². The Hall–Kier alpha value is -0.340. The Labute approximate surface area is 81.4 Å². The fraction of sp³-hybridized carbons (Fsp3) is 0.818. The number of rotatable bonds is 6. The van der Waals surface area contributed by atoms with E-state index in [1.54, 1.807) is 0 Å². The minimum atomic E-state index is 0.517. The van der Waals surface area contributed by atoms with E-state index in [1.165, 1.54) is 12.8 Å². The van der Waals surface area contributed by atoms with Gasteiger partial charge in [0.15, 0.2) is 0 Å². The van der Waals surface area contributed by atoms with Crippen LogP contribution in [-0.2, 0) is 4.74 Å². The molecule has 1 aliphatic heterocycles. The number of hydrogen-bond donors (Lipinski definition) is 1. The molecule has 0 aromatic carbocycles. The summed E-state index contributed by atoms with van der Waals surface area (Å²) in [7, 11) is 0. The first-order chi connectivity index (χ1) is 6.33. The lowest BCUT2D eigenvalue weighted by molar-refractivity contribution is 0.103. The molecule has 1 rings (SSSR count). The molecule has 2 heteroatoms. The summed E-state index contributed by atoms with van der Waals surface area (Å²) in [6.45, 7) is 7.95. The van der Waals surface area contributed by atoms with Crippen molar-refractivity contribution in [2.75, 3.05) is 13.2 Å². The van der Waals surface area contributed by atoms with Crippen LogP contribution in [-0.4, -0.2) is 25.3 Å². The maximum absolute atomic E-state index is 5.53. The van der Waals surface area contributed by atoms with Crippen LogP contribution in [0, 0.1) is 0 Å². The van der Waals surface area contributed by atoms with Crippen molar-refractivity contribution in [1.29, 1.82) is 0 Å². The van der Waals surface area contributed by atoms with Crippen LogP contribution in [0.1, 0.15) is 32.6 Å². The van der Waals surface area contributed by atoms with Crippen LogP contribution in [0.25, 0.3) is 0 Å². The molecule has 1 aliphatic rings. The first-order valence-electron chi connectivity index (χ1n) is 5.29. The molecule has 0 saturated carbocycles. The summed E-state index contributed by atoms with van der Waals surface area (Å²) >= 11 is 0. The van der Waals surface area contributed by atoms with Gasteiger partial charge < -0.3 is 10.1 Å². The molecule has 1 N–H and O–H groups in total. The second-order valence-electron chi connectivity index (χ2n) is 3.80. The zero-order valence-corrected chi connectivity index (χ0v) is 8.59. The Balaban J connectivity index is 1.96. The lowest BCUT2D eigenvalue weighted by Crippen LogP contribution is -2.28. The van der Waals surface area contributed by atoms with Crippen molar-refractivity contribution in [2.45, 2.75) is 44.8 Å². The van der Waals surface area contributed by atoms with Crippen LogP contribution in [0.4, 0.5) is 0 Å². The third kappa shape index (κ3) is 4.44. The average Bonchev–Trinajstić information content (AvgIpc) is 2.57. The molecule has 2 atom stereocenters. The third-order valence-corrected chi connectivity index (χ3v) is 2.50. The van der Waals surface area contributed by atoms with Crippen molar-refractivity contribution in [3.8, 4) is 0 Å². The summed E-state index contributed by atoms with van der Waals surface area (Å²) in [5.41, 5.74) is 0. The van der Waals surface area contributed by atoms with E-state index >= 15 is 0 Å². The molecule has 76 valence electrons. The van der Waals surface area contributed by atoms with Crippen LogP contribution in [0.15, 0.2) is 12.7 Å². The maximum Gasteiger partial charge on any atom is 0.0588 e. The number of nitrogens with one attached hydrogen (secondary N) is 1. The Bertz CT molecular complexity index is 141. The van der Waals surface area contributed by atoms with Gasteiger partial charge >= 0.3 is 0 Å². The molecule has 13 heavy (non-hydrogen) atoms. The van der Waals surface area contributed by atoms with Gasteiger partial charge in [-0.1, -0.05) is 6.08 Å². The van der Waals surface area contributed by atoms with E-state index < -0.39 is 0 Å². The second-order valence-corrected chi connectivity index (χ2v) is 3.80. The highest BCUT2D eigenvalue weighted by molar-refractivity contribution is 4.75. The zero-order valence-electron chi connectivity index (χ0n) is 8.59. The van der Waals surface area contributed by atoms with E-state index in [2.05, 4.69) is 18.8 Å². The minimum absolute atomic E-state index is 0.517. The van der Waals surface area contributed by atoms with E-state index in [0.717, 1.165) is 26.0 Å². The highest BCUT2D eigenvalue weighted by Crippen LogP contribution is 2.14. The smallest absolute Gasteiger partial charge is 0.0588 e. The molecule has 0 aliphatic carbocycles. The van der Waals surface area contributed by atoms with Gasteiger partial charge in [0.05, 0.1) is 6.10 Å². The van der Waals surface area contributed by atoms with E-state index in [4.69, 9.17) is 4.74 Å². The molecule has 0 amide bonds. The van der Waals surface area contributed by atoms with Gasteiger partial charge in [-0.25, -0.2) is 0 Å². The predicted octanol–water partition coefficient (Wildman–Crippen LogP) is 2.11. The lowest BCUT2D eigenvalue weighted by Gasteiger charge is -2.13. The second kappa shape index (κ2) is 6.17. The molecular weight excluding hydrogens is 162 g/mol. The normalized spacial score (nSPS) is 24.5. The monoisotopic (exact) mass is 183 g/mol. The van der Waals surface area contributed by atoms with Gasteiger partial charge in [0.2, 0.25) is 0 Å². The van der Waals surface area contributed by atoms with Crippen molar-refractivity contribution < 1.29 is 4.74 Å².